The number of aromatic nitrogens is 2. The zero-order valence-corrected chi connectivity index (χ0v) is 35.5. The number of hydrogen-bond donors (Lipinski definition) is 1. The number of benzene rings is 4. The quantitative estimate of drug-likeness (QED) is 0.103. The van der Waals surface area contributed by atoms with Gasteiger partial charge in [-0.05, 0) is 118 Å². The topological polar surface area (TPSA) is 90.9 Å². The van der Waals surface area contributed by atoms with Crippen molar-refractivity contribution >= 4 is 61.4 Å². The maximum Gasteiger partial charge on any atom is 0.420 e. The summed E-state index contributed by atoms with van der Waals surface area (Å²) in [5.74, 6) is -0.0526. The van der Waals surface area contributed by atoms with E-state index in [-0.39, 0.29) is 5.82 Å². The Balaban J connectivity index is 1.03. The van der Waals surface area contributed by atoms with E-state index in [4.69, 9.17) is 16.3 Å². The number of piperazine rings is 1. The van der Waals surface area contributed by atoms with E-state index in [9.17, 15) is 21.6 Å². The first-order valence-electron chi connectivity index (χ1n) is 19.7. The van der Waals surface area contributed by atoms with Gasteiger partial charge in [-0.15, -0.1) is 11.8 Å². The summed E-state index contributed by atoms with van der Waals surface area (Å²) in [6.45, 7) is 4.92. The van der Waals surface area contributed by atoms with Crippen molar-refractivity contribution in [2.45, 2.75) is 54.2 Å². The highest BCUT2D eigenvalue weighted by molar-refractivity contribution is 7.99. The van der Waals surface area contributed by atoms with E-state index in [0.29, 0.717) is 35.7 Å². The molecule has 2 aliphatic rings. The zero-order valence-electron chi connectivity index (χ0n) is 33.1. The number of nitrogens with zero attached hydrogens (tertiary/aromatic N) is 5. The van der Waals surface area contributed by atoms with Gasteiger partial charge in [0.25, 0.3) is 10.0 Å². The number of sulfonamides is 1. The largest absolute Gasteiger partial charge is 0.489 e. The minimum Gasteiger partial charge on any atom is -0.489 e. The zero-order chi connectivity index (χ0) is 41.6. The lowest BCUT2D eigenvalue weighted by molar-refractivity contribution is -0.139. The van der Waals surface area contributed by atoms with Gasteiger partial charge in [-0.3, -0.25) is 9.62 Å². The summed E-state index contributed by atoms with van der Waals surface area (Å²) in [5, 5.41) is 1.17. The Hall–Kier alpha value is -4.34. The second-order valence-electron chi connectivity index (χ2n) is 15.2. The van der Waals surface area contributed by atoms with Gasteiger partial charge in [-0.1, -0.05) is 47.5 Å². The molecular weight excluding hydrogens is 817 g/mol. The summed E-state index contributed by atoms with van der Waals surface area (Å²) < 4.78 is 79.4. The van der Waals surface area contributed by atoms with Gasteiger partial charge in [-0.25, -0.2) is 18.4 Å². The van der Waals surface area contributed by atoms with Crippen LogP contribution in [0, 0.1) is 0 Å². The van der Waals surface area contributed by atoms with Crippen molar-refractivity contribution < 1.29 is 26.3 Å². The molecule has 7 rings (SSSR count). The van der Waals surface area contributed by atoms with E-state index < -0.39 is 38.5 Å². The van der Waals surface area contributed by atoms with E-state index in [1.165, 1.54) is 47.6 Å². The van der Waals surface area contributed by atoms with Crippen LogP contribution in [0.25, 0.3) is 16.5 Å². The molecule has 1 aromatic heterocycles. The van der Waals surface area contributed by atoms with Crippen molar-refractivity contribution in [1.82, 2.24) is 19.8 Å². The Kier molecular flexibility index (Phi) is 13.7. The maximum absolute atomic E-state index is 14.5. The summed E-state index contributed by atoms with van der Waals surface area (Å²) in [4.78, 5) is 15.7. The van der Waals surface area contributed by atoms with Gasteiger partial charge in [0.15, 0.2) is 5.82 Å². The second-order valence-corrected chi connectivity index (χ2v) is 18.4. The predicted molar refractivity (Wildman–Crippen MR) is 232 cm³/mol. The van der Waals surface area contributed by atoms with Crippen LogP contribution in [0.4, 0.5) is 24.7 Å². The number of alkyl halides is 3. The van der Waals surface area contributed by atoms with Crippen LogP contribution in [0.15, 0.2) is 113 Å². The van der Waals surface area contributed by atoms with Gasteiger partial charge >= 0.3 is 6.18 Å². The predicted octanol–water partition coefficient (Wildman–Crippen LogP) is 9.74. The van der Waals surface area contributed by atoms with Crippen LogP contribution in [0.3, 0.4) is 0 Å². The first kappa shape index (κ1) is 42.8. The highest BCUT2D eigenvalue weighted by Crippen LogP contribution is 2.39. The van der Waals surface area contributed by atoms with Crippen LogP contribution >= 0.6 is 23.4 Å². The van der Waals surface area contributed by atoms with Gasteiger partial charge in [0.1, 0.15) is 18.2 Å². The molecule has 1 fully saturated rings. The number of fused-ring (bicyclic) bond motifs is 1. The lowest BCUT2D eigenvalue weighted by Crippen LogP contribution is -2.47. The molecule has 0 amide bonds. The van der Waals surface area contributed by atoms with E-state index in [0.717, 1.165) is 73.3 Å². The van der Waals surface area contributed by atoms with E-state index >= 15 is 0 Å². The Morgan fingerprint density at radius 3 is 2.39 bits per heavy atom. The fourth-order valence-electron chi connectivity index (χ4n) is 7.55. The number of allylic oxidation sites excluding steroid dienone is 1. The molecule has 0 spiro atoms. The molecule has 1 atom stereocenters. The molecule has 0 unspecified atom stereocenters. The van der Waals surface area contributed by atoms with Crippen molar-refractivity contribution in [2.75, 3.05) is 68.7 Å². The Morgan fingerprint density at radius 2 is 1.66 bits per heavy atom. The number of hydrogen-bond acceptors (Lipinski definition) is 9. The molecule has 5 aromatic rings. The smallest absolute Gasteiger partial charge is 0.420 e. The molecule has 9 nitrogen and oxygen atoms in total. The standard InChI is InChI=1S/C44H48ClF3N6O3S2/c1-52(2)21-20-35(29-58-36-9-4-3-5-10-36)57-42-19-17-37(27-40(42)44(46,47)48)59(55,56)51-43-39-18-16-34(26-41(39)49-30-50-43)54-24-22-53(23-25-54)28-32-8-6-7-11-38(32)31-12-14-33(45)15-13-31/h3-5,9-10,12-19,26-27,30,35H,6-8,11,20-25,28-29H2,1-2H3,(H,49,50,51)/t35-/m1/s1. The molecule has 15 heteroatoms. The molecule has 1 aliphatic carbocycles. The van der Waals surface area contributed by atoms with Crippen molar-refractivity contribution in [3.05, 3.63) is 119 Å². The second kappa shape index (κ2) is 18.9. The minimum absolute atomic E-state index is 0.0285. The van der Waals surface area contributed by atoms with Gasteiger partial charge in [0.05, 0.1) is 16.0 Å². The highest BCUT2D eigenvalue weighted by Gasteiger charge is 2.37. The van der Waals surface area contributed by atoms with Crippen LogP contribution in [0.5, 0.6) is 5.75 Å². The normalized spacial score (nSPS) is 16.2. The molecule has 1 N–H and O–H groups in total. The lowest BCUT2D eigenvalue weighted by Gasteiger charge is -2.37. The summed E-state index contributed by atoms with van der Waals surface area (Å²) in [5.41, 5.74) is 4.48. The number of rotatable bonds is 15. The fraction of sp³-hybridized carbons (Fsp3) is 0.364. The van der Waals surface area contributed by atoms with Gasteiger partial charge < -0.3 is 14.5 Å². The summed E-state index contributed by atoms with van der Waals surface area (Å²) >= 11 is 7.65. The van der Waals surface area contributed by atoms with Gasteiger partial charge in [0, 0.05) is 66.0 Å². The molecule has 0 bridgehead atoms. The lowest BCUT2D eigenvalue weighted by atomic mass is 9.87. The van der Waals surface area contributed by atoms with Crippen LogP contribution in [-0.2, 0) is 16.2 Å². The number of nitrogens with one attached hydrogen (secondary N) is 1. The van der Waals surface area contributed by atoms with E-state index in [2.05, 4.69) is 36.6 Å². The number of thioether (sulfide) groups is 1. The first-order chi connectivity index (χ1) is 28.3. The van der Waals surface area contributed by atoms with Crippen LogP contribution in [-0.4, -0.2) is 93.4 Å². The molecule has 0 saturated carbocycles. The summed E-state index contributed by atoms with van der Waals surface area (Å²) in [6, 6.07) is 26.1. The molecule has 312 valence electrons. The molecule has 4 aromatic carbocycles. The molecule has 1 saturated heterocycles. The Labute approximate surface area is 353 Å². The first-order valence-corrected chi connectivity index (χ1v) is 22.6. The van der Waals surface area contributed by atoms with Gasteiger partial charge in [-0.2, -0.15) is 13.2 Å². The van der Waals surface area contributed by atoms with Crippen molar-refractivity contribution in [2.24, 2.45) is 0 Å². The number of ether oxygens (including phenoxy) is 1. The molecule has 1 aliphatic heterocycles. The number of anilines is 2. The Bertz CT molecular complexity index is 2360. The molecular formula is C44H48ClF3N6O3S2. The van der Waals surface area contributed by atoms with Gasteiger partial charge in [0.2, 0.25) is 0 Å². The van der Waals surface area contributed by atoms with E-state index in [1.54, 1.807) is 6.07 Å². The van der Waals surface area contributed by atoms with Crippen molar-refractivity contribution in [1.29, 1.82) is 0 Å². The average Bonchev–Trinajstić information content (AvgIpc) is 3.22. The van der Waals surface area contributed by atoms with Crippen LogP contribution in [0.2, 0.25) is 5.02 Å². The SMILES string of the molecule is CN(C)CC[C@H](CSc1ccccc1)Oc1ccc(S(=O)(=O)Nc2ncnc3cc(N4CCN(CC5=C(c6ccc(Cl)cc6)CCCC5)CC4)ccc23)cc1C(F)(F)F. The van der Waals surface area contributed by atoms with Crippen LogP contribution < -0.4 is 14.4 Å². The third kappa shape index (κ3) is 11.1. The van der Waals surface area contributed by atoms with E-state index in [1.807, 2.05) is 73.6 Å². The third-order valence-corrected chi connectivity index (χ3v) is 13.4. The Morgan fingerprint density at radius 1 is 0.915 bits per heavy atom. The summed E-state index contributed by atoms with van der Waals surface area (Å²) in [6.07, 6.45) is 0.843. The summed E-state index contributed by atoms with van der Waals surface area (Å²) in [7, 11) is -0.743. The monoisotopic (exact) mass is 864 g/mol. The van der Waals surface area contributed by atoms with Crippen molar-refractivity contribution in [3.8, 4) is 5.75 Å². The molecule has 59 heavy (non-hydrogen) atoms. The highest BCUT2D eigenvalue weighted by atomic mass is 35.5. The third-order valence-electron chi connectivity index (χ3n) is 10.7. The number of halogens is 4. The minimum atomic E-state index is -4.88. The fourth-order valence-corrected chi connectivity index (χ4v) is 9.69. The van der Waals surface area contributed by atoms with Crippen molar-refractivity contribution in [3.63, 3.8) is 0 Å². The molecule has 0 radical (unpaired) electrons. The molecule has 2 heterocycles. The van der Waals surface area contributed by atoms with Crippen LogP contribution in [0.1, 0.15) is 43.2 Å². The average molecular weight is 865 g/mol. The maximum atomic E-state index is 14.5.